The zero-order valence-electron chi connectivity index (χ0n) is 7.00. The van der Waals surface area contributed by atoms with Crippen LogP contribution in [0.15, 0.2) is 18.2 Å². The van der Waals surface area contributed by atoms with Gasteiger partial charge in [-0.25, -0.2) is 0 Å². The fraction of sp³-hybridized carbons (Fsp3) is 0.222. The fourth-order valence-corrected chi connectivity index (χ4v) is 1.37. The van der Waals surface area contributed by atoms with Crippen LogP contribution in [0, 0.1) is 0 Å². The number of rotatable bonds is 0. The minimum absolute atomic E-state index is 0.120. The van der Waals surface area contributed by atoms with Crippen molar-refractivity contribution in [1.82, 2.24) is 5.32 Å². The predicted molar refractivity (Wildman–Crippen MR) is 48.9 cm³/mol. The van der Waals surface area contributed by atoms with Crippen LogP contribution in [0.4, 0.5) is 5.69 Å². The fourth-order valence-electron chi connectivity index (χ4n) is 1.37. The molecule has 1 heterocycles. The third-order valence-electron chi connectivity index (χ3n) is 2.00. The first-order valence-corrected chi connectivity index (χ1v) is 4.13. The highest BCUT2D eigenvalue weighted by Gasteiger charge is 2.16. The monoisotopic (exact) mass is 178 g/mol. The summed E-state index contributed by atoms with van der Waals surface area (Å²) in [6, 6.07) is 4.90. The number of hydrogen-bond acceptors (Lipinski definition) is 3. The second-order valence-corrected chi connectivity index (χ2v) is 2.88. The summed E-state index contributed by atoms with van der Waals surface area (Å²) < 4.78 is 0. The molecule has 3 N–H and O–H groups in total. The molecule has 0 atom stereocenters. The Bertz CT molecular complexity index is 349. The Labute approximate surface area is 75.6 Å². The molecule has 13 heavy (non-hydrogen) atoms. The molecule has 68 valence electrons. The highest BCUT2D eigenvalue weighted by Crippen LogP contribution is 2.27. The van der Waals surface area contributed by atoms with Gasteiger partial charge in [-0.3, -0.25) is 4.79 Å². The van der Waals surface area contributed by atoms with Crippen molar-refractivity contribution in [2.24, 2.45) is 0 Å². The molecule has 1 aliphatic heterocycles. The van der Waals surface area contributed by atoms with Gasteiger partial charge in [-0.1, -0.05) is 6.07 Å². The number of benzene rings is 1. The smallest absolute Gasteiger partial charge is 0.253 e. The average molecular weight is 178 g/mol. The van der Waals surface area contributed by atoms with E-state index in [-0.39, 0.29) is 11.7 Å². The van der Waals surface area contributed by atoms with Crippen LogP contribution in [0.5, 0.6) is 5.75 Å². The summed E-state index contributed by atoms with van der Waals surface area (Å²) in [5, 5.41) is 15.2. The van der Waals surface area contributed by atoms with E-state index in [0.717, 1.165) is 0 Å². The Morgan fingerprint density at radius 1 is 1.23 bits per heavy atom. The highest BCUT2D eigenvalue weighted by molar-refractivity contribution is 6.01. The molecule has 1 aromatic carbocycles. The lowest BCUT2D eigenvalue weighted by Gasteiger charge is -2.06. The van der Waals surface area contributed by atoms with E-state index in [1.165, 1.54) is 0 Å². The number of carbonyl (C=O) groups excluding carboxylic acids is 1. The molecule has 4 nitrogen and oxygen atoms in total. The van der Waals surface area contributed by atoms with Gasteiger partial charge in [-0.05, 0) is 12.1 Å². The van der Waals surface area contributed by atoms with E-state index >= 15 is 0 Å². The molecule has 0 saturated carbocycles. The van der Waals surface area contributed by atoms with Crippen LogP contribution in [0.3, 0.4) is 0 Å². The third kappa shape index (κ3) is 1.30. The Morgan fingerprint density at radius 2 is 2.00 bits per heavy atom. The first kappa shape index (κ1) is 7.91. The summed E-state index contributed by atoms with van der Waals surface area (Å²) >= 11 is 0. The van der Waals surface area contributed by atoms with Gasteiger partial charge in [0.05, 0.1) is 11.3 Å². The molecule has 1 aromatic rings. The van der Waals surface area contributed by atoms with E-state index < -0.39 is 0 Å². The molecule has 0 unspecified atom stereocenters. The lowest BCUT2D eigenvalue weighted by Crippen LogP contribution is -2.24. The van der Waals surface area contributed by atoms with Crippen LogP contribution >= 0.6 is 0 Å². The van der Waals surface area contributed by atoms with Gasteiger partial charge in [0, 0.05) is 13.1 Å². The molecule has 0 spiro atoms. The van der Waals surface area contributed by atoms with Crippen molar-refractivity contribution < 1.29 is 9.90 Å². The molecule has 0 bridgehead atoms. The van der Waals surface area contributed by atoms with Gasteiger partial charge in [0.2, 0.25) is 0 Å². The standard InChI is InChI=1S/C9H10N2O2/c12-7-3-1-2-6-8(7)10-4-5-11-9(6)13/h1-3,10,12H,4-5H2,(H,11,13). The van der Waals surface area contributed by atoms with Gasteiger partial charge in [0.1, 0.15) is 5.75 Å². The van der Waals surface area contributed by atoms with Gasteiger partial charge in [0.15, 0.2) is 0 Å². The first-order valence-electron chi connectivity index (χ1n) is 4.13. The molecule has 0 radical (unpaired) electrons. The summed E-state index contributed by atoms with van der Waals surface area (Å²) in [6.45, 7) is 1.21. The number of fused-ring (bicyclic) bond motifs is 1. The van der Waals surface area contributed by atoms with Crippen LogP contribution < -0.4 is 10.6 Å². The molecule has 0 saturated heterocycles. The Morgan fingerprint density at radius 3 is 2.85 bits per heavy atom. The van der Waals surface area contributed by atoms with E-state index in [0.29, 0.717) is 24.3 Å². The normalized spacial score (nSPS) is 15.2. The lowest BCUT2D eigenvalue weighted by atomic mass is 10.1. The van der Waals surface area contributed by atoms with Gasteiger partial charge in [-0.15, -0.1) is 0 Å². The quantitative estimate of drug-likeness (QED) is 0.508. The second kappa shape index (κ2) is 2.97. The molecular weight excluding hydrogens is 168 g/mol. The first-order chi connectivity index (χ1) is 6.29. The van der Waals surface area contributed by atoms with Crippen LogP contribution in [-0.4, -0.2) is 24.1 Å². The number of hydrogen-bond donors (Lipinski definition) is 3. The number of phenols is 1. The number of amides is 1. The maximum atomic E-state index is 11.4. The lowest BCUT2D eigenvalue weighted by molar-refractivity contribution is 0.0957. The zero-order chi connectivity index (χ0) is 9.26. The molecule has 1 amide bonds. The average Bonchev–Trinajstić information content (AvgIpc) is 2.30. The molecule has 0 aromatic heterocycles. The summed E-state index contributed by atoms with van der Waals surface area (Å²) in [5.41, 5.74) is 1.02. The van der Waals surface area contributed by atoms with Gasteiger partial charge < -0.3 is 15.7 Å². The molecule has 4 heteroatoms. The van der Waals surface area contributed by atoms with Gasteiger partial charge in [0.25, 0.3) is 5.91 Å². The van der Waals surface area contributed by atoms with Gasteiger partial charge >= 0.3 is 0 Å². The Hall–Kier alpha value is -1.71. The zero-order valence-corrected chi connectivity index (χ0v) is 7.00. The topological polar surface area (TPSA) is 61.4 Å². The molecule has 1 aliphatic rings. The maximum absolute atomic E-state index is 11.4. The van der Waals surface area contributed by atoms with E-state index in [2.05, 4.69) is 10.6 Å². The maximum Gasteiger partial charge on any atom is 0.253 e. The molecular formula is C9H10N2O2. The van der Waals surface area contributed by atoms with Crippen molar-refractivity contribution in [2.75, 3.05) is 18.4 Å². The largest absolute Gasteiger partial charge is 0.506 e. The molecule has 0 aliphatic carbocycles. The van der Waals surface area contributed by atoms with Crippen LogP contribution in [-0.2, 0) is 0 Å². The van der Waals surface area contributed by atoms with Gasteiger partial charge in [-0.2, -0.15) is 0 Å². The Kier molecular flexibility index (Phi) is 1.81. The van der Waals surface area contributed by atoms with Crippen LogP contribution in [0.1, 0.15) is 10.4 Å². The number of anilines is 1. The van der Waals surface area contributed by atoms with Crippen molar-refractivity contribution in [3.8, 4) is 5.75 Å². The minimum Gasteiger partial charge on any atom is -0.506 e. The predicted octanol–water partition coefficient (Wildman–Crippen LogP) is 0.547. The van der Waals surface area contributed by atoms with Crippen LogP contribution in [0.2, 0.25) is 0 Å². The number of aromatic hydroxyl groups is 1. The van der Waals surface area contributed by atoms with E-state index in [1.807, 2.05) is 0 Å². The number of carbonyl (C=O) groups is 1. The van der Waals surface area contributed by atoms with E-state index in [9.17, 15) is 9.90 Å². The summed E-state index contributed by atoms with van der Waals surface area (Å²) in [5.74, 6) is -0.0227. The SMILES string of the molecule is O=C1NCCNc2c(O)cccc21. The van der Waals surface area contributed by atoms with Crippen molar-refractivity contribution in [3.63, 3.8) is 0 Å². The van der Waals surface area contributed by atoms with Crippen LogP contribution in [0.25, 0.3) is 0 Å². The van der Waals surface area contributed by atoms with Crippen molar-refractivity contribution >= 4 is 11.6 Å². The molecule has 2 rings (SSSR count). The number of nitrogens with one attached hydrogen (secondary N) is 2. The van der Waals surface area contributed by atoms with Crippen molar-refractivity contribution in [3.05, 3.63) is 23.8 Å². The highest BCUT2D eigenvalue weighted by atomic mass is 16.3. The van der Waals surface area contributed by atoms with Crippen molar-refractivity contribution in [1.29, 1.82) is 0 Å². The molecule has 0 fully saturated rings. The van der Waals surface area contributed by atoms with Crippen molar-refractivity contribution in [2.45, 2.75) is 0 Å². The van der Waals surface area contributed by atoms with E-state index in [1.54, 1.807) is 18.2 Å². The van der Waals surface area contributed by atoms with E-state index in [4.69, 9.17) is 0 Å². The minimum atomic E-state index is -0.143. The second-order valence-electron chi connectivity index (χ2n) is 2.88. The number of para-hydroxylation sites is 1. The summed E-state index contributed by atoms with van der Waals surface area (Å²) in [4.78, 5) is 11.4. The summed E-state index contributed by atoms with van der Waals surface area (Å²) in [6.07, 6.45) is 0. The Balaban J connectivity index is 2.54. The number of phenolic OH excluding ortho intramolecular Hbond substituents is 1. The summed E-state index contributed by atoms with van der Waals surface area (Å²) in [7, 11) is 0. The third-order valence-corrected chi connectivity index (χ3v) is 2.00.